The molecule has 0 saturated heterocycles. The van der Waals surface area contributed by atoms with E-state index in [4.69, 9.17) is 14.2 Å². The van der Waals surface area contributed by atoms with E-state index in [2.05, 4.69) is 10.3 Å². The zero-order valence-corrected chi connectivity index (χ0v) is 12.0. The van der Waals surface area contributed by atoms with Gasteiger partial charge in [-0.05, 0) is 24.3 Å². The van der Waals surface area contributed by atoms with Crippen LogP contribution < -0.4 is 19.5 Å². The first-order chi connectivity index (χ1) is 10.2. The number of benzene rings is 1. The van der Waals surface area contributed by atoms with Crippen LogP contribution in [0.2, 0.25) is 0 Å². The Morgan fingerprint density at radius 2 is 1.90 bits per heavy atom. The van der Waals surface area contributed by atoms with Crippen molar-refractivity contribution in [1.29, 1.82) is 0 Å². The number of amides is 1. The molecule has 0 aliphatic rings. The van der Waals surface area contributed by atoms with Gasteiger partial charge in [-0.15, -0.1) is 0 Å². The molecule has 0 atom stereocenters. The summed E-state index contributed by atoms with van der Waals surface area (Å²) in [6, 6.07) is 8.45. The van der Waals surface area contributed by atoms with Crippen molar-refractivity contribution in [3.05, 3.63) is 42.1 Å². The number of carbonyl (C=O) groups is 1. The van der Waals surface area contributed by atoms with Crippen LogP contribution in [-0.2, 0) is 0 Å². The molecule has 1 amide bonds. The van der Waals surface area contributed by atoms with Crippen molar-refractivity contribution in [2.45, 2.75) is 0 Å². The molecular formula is C15H16N2O4. The number of rotatable bonds is 5. The Labute approximate surface area is 122 Å². The van der Waals surface area contributed by atoms with Gasteiger partial charge >= 0.3 is 0 Å². The number of ether oxygens (including phenoxy) is 3. The summed E-state index contributed by atoms with van der Waals surface area (Å²) < 4.78 is 15.4. The predicted octanol–water partition coefficient (Wildman–Crippen LogP) is 2.36. The normalized spacial score (nSPS) is 9.86. The summed E-state index contributed by atoms with van der Waals surface area (Å²) >= 11 is 0. The lowest BCUT2D eigenvalue weighted by atomic mass is 10.2. The third-order valence-electron chi connectivity index (χ3n) is 2.86. The SMILES string of the molecule is COc1ccc(OC)c(NC(=O)c2cccnc2OC)c1. The van der Waals surface area contributed by atoms with Gasteiger partial charge in [-0.1, -0.05) is 0 Å². The molecule has 1 aromatic heterocycles. The maximum Gasteiger partial charge on any atom is 0.261 e. The fourth-order valence-corrected chi connectivity index (χ4v) is 1.83. The first-order valence-corrected chi connectivity index (χ1v) is 6.22. The first kappa shape index (κ1) is 14.6. The van der Waals surface area contributed by atoms with Crippen molar-refractivity contribution in [3.63, 3.8) is 0 Å². The molecule has 110 valence electrons. The zero-order valence-electron chi connectivity index (χ0n) is 12.0. The molecule has 2 aromatic rings. The Morgan fingerprint density at radius 1 is 1.10 bits per heavy atom. The molecule has 2 rings (SSSR count). The Morgan fingerprint density at radius 3 is 2.57 bits per heavy atom. The van der Waals surface area contributed by atoms with Gasteiger partial charge in [0.2, 0.25) is 5.88 Å². The highest BCUT2D eigenvalue weighted by atomic mass is 16.5. The highest BCUT2D eigenvalue weighted by Crippen LogP contribution is 2.29. The largest absolute Gasteiger partial charge is 0.497 e. The monoisotopic (exact) mass is 288 g/mol. The predicted molar refractivity (Wildman–Crippen MR) is 78.3 cm³/mol. The number of carbonyl (C=O) groups excluding carboxylic acids is 1. The smallest absolute Gasteiger partial charge is 0.261 e. The summed E-state index contributed by atoms with van der Waals surface area (Å²) in [5.41, 5.74) is 0.845. The van der Waals surface area contributed by atoms with Gasteiger partial charge in [0.1, 0.15) is 17.1 Å². The van der Waals surface area contributed by atoms with Crippen LogP contribution >= 0.6 is 0 Å². The summed E-state index contributed by atoms with van der Waals surface area (Å²) in [4.78, 5) is 16.3. The molecule has 0 aliphatic heterocycles. The minimum atomic E-state index is -0.341. The maximum absolute atomic E-state index is 12.3. The van der Waals surface area contributed by atoms with Gasteiger partial charge in [-0.3, -0.25) is 4.79 Å². The molecule has 0 fully saturated rings. The lowest BCUT2D eigenvalue weighted by Crippen LogP contribution is -2.14. The second kappa shape index (κ2) is 6.60. The second-order valence-corrected chi connectivity index (χ2v) is 4.08. The van der Waals surface area contributed by atoms with Crippen molar-refractivity contribution in [2.75, 3.05) is 26.6 Å². The van der Waals surface area contributed by atoms with Crippen LogP contribution in [0.3, 0.4) is 0 Å². The molecule has 6 heteroatoms. The topological polar surface area (TPSA) is 69.7 Å². The fraction of sp³-hybridized carbons (Fsp3) is 0.200. The van der Waals surface area contributed by atoms with Gasteiger partial charge in [0.05, 0.1) is 27.0 Å². The molecule has 0 aliphatic carbocycles. The van der Waals surface area contributed by atoms with Crippen molar-refractivity contribution >= 4 is 11.6 Å². The lowest BCUT2D eigenvalue weighted by molar-refractivity contribution is 0.102. The van der Waals surface area contributed by atoms with E-state index in [-0.39, 0.29) is 11.8 Å². The van der Waals surface area contributed by atoms with Crippen LogP contribution in [0.25, 0.3) is 0 Å². The van der Waals surface area contributed by atoms with Gasteiger partial charge in [-0.2, -0.15) is 0 Å². The standard InChI is InChI=1S/C15H16N2O4/c1-19-10-6-7-13(20-2)12(9-10)17-14(18)11-5-4-8-16-15(11)21-3/h4-9H,1-3H3,(H,17,18). The quantitative estimate of drug-likeness (QED) is 0.914. The number of hydrogen-bond acceptors (Lipinski definition) is 5. The number of aromatic nitrogens is 1. The van der Waals surface area contributed by atoms with E-state index in [1.54, 1.807) is 43.6 Å². The van der Waals surface area contributed by atoms with Crippen molar-refractivity contribution < 1.29 is 19.0 Å². The van der Waals surface area contributed by atoms with Gasteiger partial charge < -0.3 is 19.5 Å². The van der Waals surface area contributed by atoms with Gasteiger partial charge in [0.25, 0.3) is 5.91 Å². The number of nitrogens with zero attached hydrogens (tertiary/aromatic N) is 1. The van der Waals surface area contributed by atoms with Crippen LogP contribution in [0.1, 0.15) is 10.4 Å². The van der Waals surface area contributed by atoms with E-state index in [0.717, 1.165) is 0 Å². The van der Waals surface area contributed by atoms with Crippen molar-refractivity contribution in [3.8, 4) is 17.4 Å². The zero-order chi connectivity index (χ0) is 15.2. The molecule has 1 heterocycles. The van der Waals surface area contributed by atoms with Crippen LogP contribution in [0.15, 0.2) is 36.5 Å². The molecular weight excluding hydrogens is 272 g/mol. The van der Waals surface area contributed by atoms with E-state index in [9.17, 15) is 4.79 Å². The Bertz CT molecular complexity index is 643. The molecule has 0 radical (unpaired) electrons. The first-order valence-electron chi connectivity index (χ1n) is 6.22. The molecule has 0 saturated carbocycles. The molecule has 21 heavy (non-hydrogen) atoms. The van der Waals surface area contributed by atoms with Crippen LogP contribution in [0, 0.1) is 0 Å². The number of anilines is 1. The minimum Gasteiger partial charge on any atom is -0.497 e. The summed E-state index contributed by atoms with van der Waals surface area (Å²) in [5, 5.41) is 2.76. The summed E-state index contributed by atoms with van der Waals surface area (Å²) in [6.07, 6.45) is 1.56. The van der Waals surface area contributed by atoms with E-state index in [1.165, 1.54) is 14.2 Å². The Kier molecular flexibility index (Phi) is 4.61. The number of methoxy groups -OCH3 is 3. The molecule has 6 nitrogen and oxygen atoms in total. The summed E-state index contributed by atoms with van der Waals surface area (Å²) in [6.45, 7) is 0. The second-order valence-electron chi connectivity index (χ2n) is 4.08. The van der Waals surface area contributed by atoms with Crippen molar-refractivity contribution in [1.82, 2.24) is 4.98 Å². The average molecular weight is 288 g/mol. The highest BCUT2D eigenvalue weighted by Gasteiger charge is 2.15. The molecule has 1 aromatic carbocycles. The van der Waals surface area contributed by atoms with Crippen molar-refractivity contribution in [2.24, 2.45) is 0 Å². The molecule has 0 spiro atoms. The van der Waals surface area contributed by atoms with Crippen LogP contribution in [-0.4, -0.2) is 32.2 Å². The maximum atomic E-state index is 12.3. The van der Waals surface area contributed by atoms with Gasteiger partial charge in [-0.25, -0.2) is 4.98 Å². The third kappa shape index (κ3) is 3.22. The van der Waals surface area contributed by atoms with Crippen LogP contribution in [0.5, 0.6) is 17.4 Å². The number of hydrogen-bond donors (Lipinski definition) is 1. The average Bonchev–Trinajstić information content (AvgIpc) is 2.54. The fourth-order valence-electron chi connectivity index (χ4n) is 1.83. The molecule has 0 unspecified atom stereocenters. The minimum absolute atomic E-state index is 0.261. The summed E-state index contributed by atoms with van der Waals surface area (Å²) in [7, 11) is 4.55. The summed E-state index contributed by atoms with van der Waals surface area (Å²) in [5.74, 6) is 1.07. The van der Waals surface area contributed by atoms with Gasteiger partial charge in [0, 0.05) is 12.3 Å². The molecule has 0 bridgehead atoms. The Hall–Kier alpha value is -2.76. The van der Waals surface area contributed by atoms with Crippen LogP contribution in [0.4, 0.5) is 5.69 Å². The number of nitrogens with one attached hydrogen (secondary N) is 1. The lowest BCUT2D eigenvalue weighted by Gasteiger charge is -2.12. The van der Waals surface area contributed by atoms with E-state index in [0.29, 0.717) is 22.7 Å². The highest BCUT2D eigenvalue weighted by molar-refractivity contribution is 6.06. The van der Waals surface area contributed by atoms with E-state index in [1.807, 2.05) is 0 Å². The van der Waals surface area contributed by atoms with Gasteiger partial charge in [0.15, 0.2) is 0 Å². The van der Waals surface area contributed by atoms with E-state index < -0.39 is 0 Å². The van der Waals surface area contributed by atoms with E-state index >= 15 is 0 Å². The molecule has 1 N–H and O–H groups in total. The Balaban J connectivity index is 2.30. The third-order valence-corrected chi connectivity index (χ3v) is 2.86. The number of pyridine rings is 1.